The lowest BCUT2D eigenvalue weighted by Gasteiger charge is -2.10. The molecule has 0 aliphatic carbocycles. The Morgan fingerprint density at radius 1 is 1.17 bits per heavy atom. The van der Waals surface area contributed by atoms with Gasteiger partial charge in [0.25, 0.3) is 0 Å². The summed E-state index contributed by atoms with van der Waals surface area (Å²) in [6.07, 6.45) is 0. The zero-order chi connectivity index (χ0) is 9.30. The Bertz CT molecular complexity index is 295. The molecule has 0 aromatic heterocycles. The highest BCUT2D eigenvalue weighted by molar-refractivity contribution is 9.11. The number of benzene rings is 1. The summed E-state index contributed by atoms with van der Waals surface area (Å²) in [6.45, 7) is 4.29. The van der Waals surface area contributed by atoms with Gasteiger partial charge >= 0.3 is 0 Å². The van der Waals surface area contributed by atoms with Crippen molar-refractivity contribution in [3.8, 4) is 0 Å². The summed E-state index contributed by atoms with van der Waals surface area (Å²) >= 11 is 6.87. The van der Waals surface area contributed by atoms with E-state index in [1.165, 1.54) is 5.56 Å². The summed E-state index contributed by atoms with van der Waals surface area (Å²) in [5, 5.41) is 0. The van der Waals surface area contributed by atoms with Crippen LogP contribution < -0.4 is 5.73 Å². The van der Waals surface area contributed by atoms with Gasteiger partial charge in [0, 0.05) is 14.6 Å². The topological polar surface area (TPSA) is 26.0 Å². The van der Waals surface area contributed by atoms with Crippen molar-refractivity contribution >= 4 is 37.5 Å². The van der Waals surface area contributed by atoms with Crippen molar-refractivity contribution < 1.29 is 0 Å². The van der Waals surface area contributed by atoms with E-state index in [1.54, 1.807) is 0 Å². The second-order valence-electron chi connectivity index (χ2n) is 3.05. The number of halogens is 2. The fraction of sp³-hybridized carbons (Fsp3) is 0.333. The van der Waals surface area contributed by atoms with Crippen LogP contribution in [0.1, 0.15) is 25.3 Å². The van der Waals surface area contributed by atoms with Gasteiger partial charge in [0.2, 0.25) is 0 Å². The van der Waals surface area contributed by atoms with Crippen LogP contribution in [0.3, 0.4) is 0 Å². The number of hydrogen-bond acceptors (Lipinski definition) is 1. The second kappa shape index (κ2) is 3.79. The molecule has 66 valence electrons. The summed E-state index contributed by atoms with van der Waals surface area (Å²) in [7, 11) is 0. The van der Waals surface area contributed by atoms with Gasteiger partial charge in [-0.2, -0.15) is 0 Å². The number of nitrogen functional groups attached to an aromatic ring is 1. The normalized spacial score (nSPS) is 10.8. The minimum absolute atomic E-state index is 0.495. The molecule has 0 spiro atoms. The fourth-order valence-electron chi connectivity index (χ4n) is 1.03. The van der Waals surface area contributed by atoms with Crippen molar-refractivity contribution in [2.24, 2.45) is 0 Å². The summed E-state index contributed by atoms with van der Waals surface area (Å²) in [6, 6.07) is 3.99. The van der Waals surface area contributed by atoms with E-state index in [0.29, 0.717) is 5.92 Å². The van der Waals surface area contributed by atoms with Gasteiger partial charge in [0.1, 0.15) is 0 Å². The van der Waals surface area contributed by atoms with Crippen molar-refractivity contribution in [3.63, 3.8) is 0 Å². The molecule has 0 amide bonds. The lowest BCUT2D eigenvalue weighted by Crippen LogP contribution is -1.94. The van der Waals surface area contributed by atoms with E-state index in [2.05, 4.69) is 45.7 Å². The number of hydrogen-bond donors (Lipinski definition) is 1. The van der Waals surface area contributed by atoms with Crippen LogP contribution in [-0.4, -0.2) is 0 Å². The summed E-state index contributed by atoms with van der Waals surface area (Å²) in [4.78, 5) is 0. The summed E-state index contributed by atoms with van der Waals surface area (Å²) in [5.41, 5.74) is 7.80. The first-order chi connectivity index (χ1) is 5.52. The second-order valence-corrected chi connectivity index (χ2v) is 4.76. The molecular formula is C9H11Br2N. The van der Waals surface area contributed by atoms with Gasteiger partial charge in [0.05, 0.1) is 0 Å². The molecule has 0 fully saturated rings. The first kappa shape index (κ1) is 10.1. The van der Waals surface area contributed by atoms with Crippen LogP contribution in [0, 0.1) is 0 Å². The van der Waals surface area contributed by atoms with Crippen molar-refractivity contribution in [3.05, 3.63) is 26.6 Å². The summed E-state index contributed by atoms with van der Waals surface area (Å²) < 4.78 is 2.05. The Balaban J connectivity index is 3.23. The van der Waals surface area contributed by atoms with Gasteiger partial charge in [-0.05, 0) is 39.5 Å². The van der Waals surface area contributed by atoms with Crippen molar-refractivity contribution in [2.75, 3.05) is 5.73 Å². The molecule has 1 aromatic rings. The van der Waals surface area contributed by atoms with Crippen LogP contribution in [0.25, 0.3) is 0 Å². The molecule has 0 aliphatic rings. The maximum Gasteiger partial charge on any atom is 0.0462 e. The molecule has 0 saturated carbocycles. The average molecular weight is 293 g/mol. The van der Waals surface area contributed by atoms with E-state index in [-0.39, 0.29) is 0 Å². The van der Waals surface area contributed by atoms with Crippen LogP contribution in [0.4, 0.5) is 5.69 Å². The molecule has 0 heterocycles. The molecular weight excluding hydrogens is 282 g/mol. The van der Waals surface area contributed by atoms with Gasteiger partial charge < -0.3 is 5.73 Å². The highest BCUT2D eigenvalue weighted by Gasteiger charge is 2.07. The standard InChI is InChI=1S/C9H11Br2N/c1-5(2)6-3-9(12)8(11)4-7(6)10/h3-5H,12H2,1-2H3. The average Bonchev–Trinajstić information content (AvgIpc) is 1.96. The van der Waals surface area contributed by atoms with Gasteiger partial charge in [-0.15, -0.1) is 0 Å². The molecule has 0 radical (unpaired) electrons. The monoisotopic (exact) mass is 291 g/mol. The number of anilines is 1. The Kier molecular flexibility index (Phi) is 3.18. The molecule has 12 heavy (non-hydrogen) atoms. The van der Waals surface area contributed by atoms with Crippen LogP contribution in [0.2, 0.25) is 0 Å². The third-order valence-corrected chi connectivity index (χ3v) is 3.11. The molecule has 0 saturated heterocycles. The number of nitrogens with two attached hydrogens (primary N) is 1. The minimum Gasteiger partial charge on any atom is -0.398 e. The third kappa shape index (κ3) is 2.02. The Morgan fingerprint density at radius 3 is 2.25 bits per heavy atom. The molecule has 0 atom stereocenters. The molecule has 2 N–H and O–H groups in total. The maximum atomic E-state index is 5.76. The van der Waals surface area contributed by atoms with E-state index in [4.69, 9.17) is 5.73 Å². The van der Waals surface area contributed by atoms with Crippen LogP contribution in [0.5, 0.6) is 0 Å². The lowest BCUT2D eigenvalue weighted by molar-refractivity contribution is 0.861. The van der Waals surface area contributed by atoms with Gasteiger partial charge in [0.15, 0.2) is 0 Å². The van der Waals surface area contributed by atoms with E-state index < -0.39 is 0 Å². The first-order valence-electron chi connectivity index (χ1n) is 3.76. The van der Waals surface area contributed by atoms with E-state index in [9.17, 15) is 0 Å². The minimum atomic E-state index is 0.495. The van der Waals surface area contributed by atoms with Gasteiger partial charge in [-0.3, -0.25) is 0 Å². The fourth-order valence-corrected chi connectivity index (χ4v) is 2.48. The molecule has 1 aromatic carbocycles. The first-order valence-corrected chi connectivity index (χ1v) is 5.35. The molecule has 0 aliphatic heterocycles. The largest absolute Gasteiger partial charge is 0.398 e. The molecule has 1 rings (SSSR count). The highest BCUT2D eigenvalue weighted by atomic mass is 79.9. The maximum absolute atomic E-state index is 5.76. The Labute approximate surface area is 89.6 Å². The molecule has 1 nitrogen and oxygen atoms in total. The van der Waals surface area contributed by atoms with E-state index >= 15 is 0 Å². The van der Waals surface area contributed by atoms with Crippen molar-refractivity contribution in [2.45, 2.75) is 19.8 Å². The molecule has 0 unspecified atom stereocenters. The lowest BCUT2D eigenvalue weighted by atomic mass is 10.0. The molecule has 3 heteroatoms. The van der Waals surface area contributed by atoms with E-state index in [0.717, 1.165) is 14.6 Å². The quantitative estimate of drug-likeness (QED) is 0.780. The van der Waals surface area contributed by atoms with Crippen molar-refractivity contribution in [1.82, 2.24) is 0 Å². The number of rotatable bonds is 1. The van der Waals surface area contributed by atoms with Crippen LogP contribution in [0.15, 0.2) is 21.1 Å². The smallest absolute Gasteiger partial charge is 0.0462 e. The zero-order valence-electron chi connectivity index (χ0n) is 7.07. The van der Waals surface area contributed by atoms with Crippen molar-refractivity contribution in [1.29, 1.82) is 0 Å². The van der Waals surface area contributed by atoms with Gasteiger partial charge in [-0.25, -0.2) is 0 Å². The summed E-state index contributed by atoms with van der Waals surface area (Å²) in [5.74, 6) is 0.495. The Hall–Kier alpha value is -0.0200. The van der Waals surface area contributed by atoms with Crippen LogP contribution in [-0.2, 0) is 0 Å². The molecule has 0 bridgehead atoms. The zero-order valence-corrected chi connectivity index (χ0v) is 10.2. The van der Waals surface area contributed by atoms with Gasteiger partial charge in [-0.1, -0.05) is 29.8 Å². The Morgan fingerprint density at radius 2 is 1.75 bits per heavy atom. The third-order valence-electron chi connectivity index (χ3n) is 1.74. The van der Waals surface area contributed by atoms with E-state index in [1.807, 2.05) is 12.1 Å². The predicted molar refractivity (Wildman–Crippen MR) is 60.3 cm³/mol. The predicted octanol–water partition coefficient (Wildman–Crippen LogP) is 3.92. The van der Waals surface area contributed by atoms with Crippen LogP contribution >= 0.6 is 31.9 Å². The highest BCUT2D eigenvalue weighted by Crippen LogP contribution is 2.31. The SMILES string of the molecule is CC(C)c1cc(N)c(Br)cc1Br.